The molecule has 0 aliphatic carbocycles. The first-order valence-corrected chi connectivity index (χ1v) is 9.65. The van der Waals surface area contributed by atoms with Gasteiger partial charge in [0, 0.05) is 41.2 Å². The van der Waals surface area contributed by atoms with E-state index >= 15 is 0 Å². The minimum Gasteiger partial charge on any atom is -0.385 e. The van der Waals surface area contributed by atoms with E-state index in [1.807, 2.05) is 0 Å². The topological polar surface area (TPSA) is 72.5 Å². The van der Waals surface area contributed by atoms with E-state index in [4.69, 9.17) is 27.8 Å². The lowest BCUT2D eigenvalue weighted by Crippen LogP contribution is -2.05. The van der Waals surface area contributed by atoms with E-state index in [2.05, 4.69) is 0 Å². The van der Waals surface area contributed by atoms with Crippen LogP contribution in [0.5, 0.6) is 0 Å². The average molecular weight is 356 g/mol. The molecule has 140 valence electrons. The van der Waals surface area contributed by atoms with Crippen LogP contribution < -0.4 is 0 Å². The van der Waals surface area contributed by atoms with Crippen LogP contribution in [-0.4, -0.2) is 61.0 Å². The van der Waals surface area contributed by atoms with Gasteiger partial charge in [-0.2, -0.15) is 0 Å². The fourth-order valence-corrected chi connectivity index (χ4v) is 2.97. The summed E-state index contributed by atoms with van der Waals surface area (Å²) in [5.41, 5.74) is 0. The van der Waals surface area contributed by atoms with Crippen molar-refractivity contribution in [1.82, 2.24) is 0 Å². The van der Waals surface area contributed by atoms with Crippen LogP contribution in [0.2, 0.25) is 0 Å². The van der Waals surface area contributed by atoms with Gasteiger partial charge in [0.25, 0.3) is 0 Å². The molecule has 0 heterocycles. The first-order valence-electron chi connectivity index (χ1n) is 8.19. The summed E-state index contributed by atoms with van der Waals surface area (Å²) < 4.78 is 43.6. The fraction of sp³-hybridized carbons (Fsp3) is 1.00. The van der Waals surface area contributed by atoms with E-state index in [-0.39, 0.29) is 0 Å². The van der Waals surface area contributed by atoms with E-state index in [9.17, 15) is 4.57 Å². The molecular formula is C15H33O7P. The molecule has 0 saturated heterocycles. The summed E-state index contributed by atoms with van der Waals surface area (Å²) >= 11 is 0. The third-order valence-corrected chi connectivity index (χ3v) is 4.47. The molecule has 0 N–H and O–H groups in total. The molecule has 0 fully saturated rings. The Kier molecular flexibility index (Phi) is 16.8. The average Bonchev–Trinajstić information content (AvgIpc) is 2.54. The predicted octanol–water partition coefficient (Wildman–Crippen LogP) is 3.42. The van der Waals surface area contributed by atoms with Crippen LogP contribution in [0.25, 0.3) is 0 Å². The highest BCUT2D eigenvalue weighted by Crippen LogP contribution is 2.49. The third-order valence-electron chi connectivity index (χ3n) is 2.98. The Labute approximate surface area is 140 Å². The molecule has 0 aromatic heterocycles. The predicted molar refractivity (Wildman–Crippen MR) is 88.8 cm³/mol. The van der Waals surface area contributed by atoms with Gasteiger partial charge >= 0.3 is 7.82 Å². The molecule has 23 heavy (non-hydrogen) atoms. The number of hydrogen-bond donors (Lipinski definition) is 0. The lowest BCUT2D eigenvalue weighted by Gasteiger charge is -2.18. The first kappa shape index (κ1) is 23.0. The molecule has 0 aromatic rings. The van der Waals surface area contributed by atoms with Gasteiger partial charge in [0.15, 0.2) is 0 Å². The van der Waals surface area contributed by atoms with Crippen LogP contribution in [-0.2, 0) is 32.3 Å². The molecule has 8 heteroatoms. The molecule has 0 saturated carbocycles. The van der Waals surface area contributed by atoms with Crippen LogP contribution >= 0.6 is 7.82 Å². The molecule has 7 nitrogen and oxygen atoms in total. The molecule has 0 unspecified atom stereocenters. The Morgan fingerprint density at radius 1 is 0.522 bits per heavy atom. The summed E-state index contributed by atoms with van der Waals surface area (Å²) in [6.45, 7) is 2.96. The fourth-order valence-electron chi connectivity index (χ4n) is 1.69. The molecule has 0 amide bonds. The highest BCUT2D eigenvalue weighted by molar-refractivity contribution is 7.48. The Hall–Kier alpha value is -0.0100. The number of phosphoric ester groups is 1. The Morgan fingerprint density at radius 2 is 0.783 bits per heavy atom. The summed E-state index contributed by atoms with van der Waals surface area (Å²) in [5, 5.41) is 0. The number of rotatable bonds is 18. The molecule has 0 rings (SSSR count). The highest BCUT2D eigenvalue weighted by Gasteiger charge is 2.26. The van der Waals surface area contributed by atoms with Crippen molar-refractivity contribution < 1.29 is 32.3 Å². The van der Waals surface area contributed by atoms with Crippen LogP contribution in [0.1, 0.15) is 38.5 Å². The molecule has 0 radical (unpaired) electrons. The number of unbranched alkanes of at least 4 members (excludes halogenated alkanes) is 3. The van der Waals surface area contributed by atoms with Crippen molar-refractivity contribution in [2.24, 2.45) is 0 Å². The zero-order chi connectivity index (χ0) is 17.2. The Bertz CT molecular complexity index is 246. The van der Waals surface area contributed by atoms with Crippen LogP contribution in [0.15, 0.2) is 0 Å². The molecule has 0 aliphatic rings. The summed E-state index contributed by atoms with van der Waals surface area (Å²) in [5.74, 6) is 0. The molecule has 0 aromatic carbocycles. The molecule has 0 aliphatic heterocycles. The van der Waals surface area contributed by atoms with Crippen molar-refractivity contribution in [2.45, 2.75) is 38.5 Å². The molecule has 0 spiro atoms. The van der Waals surface area contributed by atoms with Crippen LogP contribution in [0.3, 0.4) is 0 Å². The van der Waals surface area contributed by atoms with Crippen LogP contribution in [0, 0.1) is 0 Å². The number of hydrogen-bond acceptors (Lipinski definition) is 7. The summed E-state index contributed by atoms with van der Waals surface area (Å²) in [6, 6.07) is 0. The normalized spacial score (nSPS) is 12.0. The van der Waals surface area contributed by atoms with Gasteiger partial charge < -0.3 is 14.2 Å². The smallest absolute Gasteiger partial charge is 0.385 e. The maximum Gasteiger partial charge on any atom is 0.474 e. The summed E-state index contributed by atoms with van der Waals surface area (Å²) in [6.07, 6.45) is 4.78. The van der Waals surface area contributed by atoms with Crippen molar-refractivity contribution in [3.05, 3.63) is 0 Å². The highest BCUT2D eigenvalue weighted by atomic mass is 31.2. The lowest BCUT2D eigenvalue weighted by atomic mass is 10.3. The monoisotopic (exact) mass is 356 g/mol. The minimum absolute atomic E-state index is 0.330. The van der Waals surface area contributed by atoms with Crippen LogP contribution in [0.4, 0.5) is 0 Å². The molecule has 0 atom stereocenters. The van der Waals surface area contributed by atoms with Crippen molar-refractivity contribution in [3.63, 3.8) is 0 Å². The second-order valence-electron chi connectivity index (χ2n) is 5.05. The Balaban J connectivity index is 4.03. The zero-order valence-electron chi connectivity index (χ0n) is 14.8. The number of phosphoric acid groups is 1. The van der Waals surface area contributed by atoms with Crippen molar-refractivity contribution >= 4 is 7.82 Å². The van der Waals surface area contributed by atoms with Gasteiger partial charge in [0.1, 0.15) is 0 Å². The standard InChI is InChI=1S/C15H33O7P/c1-17-10-4-7-13-20-23(16,21-14-8-5-11-18-2)22-15-9-6-12-19-3/h4-15H2,1-3H3. The second-order valence-corrected chi connectivity index (χ2v) is 6.72. The molecule has 0 bridgehead atoms. The number of ether oxygens (including phenoxy) is 3. The third kappa shape index (κ3) is 15.3. The largest absolute Gasteiger partial charge is 0.474 e. The van der Waals surface area contributed by atoms with E-state index in [0.717, 1.165) is 38.5 Å². The van der Waals surface area contributed by atoms with Gasteiger partial charge in [-0.15, -0.1) is 0 Å². The van der Waals surface area contributed by atoms with Crippen molar-refractivity contribution in [2.75, 3.05) is 61.0 Å². The number of methoxy groups -OCH3 is 3. The molecular weight excluding hydrogens is 323 g/mol. The Morgan fingerprint density at radius 3 is 1.04 bits per heavy atom. The quantitative estimate of drug-likeness (QED) is 0.275. The van der Waals surface area contributed by atoms with Gasteiger partial charge in [0.2, 0.25) is 0 Å². The van der Waals surface area contributed by atoms with Gasteiger partial charge in [0.05, 0.1) is 19.8 Å². The van der Waals surface area contributed by atoms with Gasteiger partial charge in [-0.3, -0.25) is 13.6 Å². The second kappa shape index (κ2) is 16.8. The summed E-state index contributed by atoms with van der Waals surface area (Å²) in [4.78, 5) is 0. The van der Waals surface area contributed by atoms with E-state index in [1.165, 1.54) is 0 Å². The van der Waals surface area contributed by atoms with E-state index in [1.54, 1.807) is 21.3 Å². The van der Waals surface area contributed by atoms with Crippen molar-refractivity contribution in [3.8, 4) is 0 Å². The summed E-state index contributed by atoms with van der Waals surface area (Å²) in [7, 11) is 1.46. The zero-order valence-corrected chi connectivity index (χ0v) is 15.7. The van der Waals surface area contributed by atoms with Gasteiger partial charge in [-0.05, 0) is 38.5 Å². The first-order chi connectivity index (χ1) is 11.2. The van der Waals surface area contributed by atoms with E-state index in [0.29, 0.717) is 39.6 Å². The lowest BCUT2D eigenvalue weighted by molar-refractivity contribution is 0.0999. The van der Waals surface area contributed by atoms with Crippen molar-refractivity contribution in [1.29, 1.82) is 0 Å². The maximum atomic E-state index is 12.6. The minimum atomic E-state index is -3.49. The van der Waals surface area contributed by atoms with E-state index < -0.39 is 7.82 Å². The van der Waals surface area contributed by atoms with Gasteiger partial charge in [-0.25, -0.2) is 4.57 Å². The maximum absolute atomic E-state index is 12.6. The SMILES string of the molecule is COCCCCOP(=O)(OCCCCOC)OCCCCOC. The van der Waals surface area contributed by atoms with Gasteiger partial charge in [-0.1, -0.05) is 0 Å².